The molecule has 0 fully saturated rings. The van der Waals surface area contributed by atoms with Gasteiger partial charge in [0.1, 0.15) is 16.6 Å². The third-order valence-corrected chi connectivity index (χ3v) is 6.21. The predicted molar refractivity (Wildman–Crippen MR) is 104 cm³/mol. The van der Waals surface area contributed by atoms with E-state index < -0.39 is 11.4 Å². The Bertz CT molecular complexity index is 1040. The van der Waals surface area contributed by atoms with Gasteiger partial charge in [0, 0.05) is 5.56 Å². The Balaban J connectivity index is 1.76. The molecule has 0 saturated heterocycles. The topological polar surface area (TPSA) is 42.4 Å². The number of hydrogen-bond donors (Lipinski definition) is 0. The lowest BCUT2D eigenvalue weighted by Gasteiger charge is -2.40. The SMILES string of the molecule is CC1=C(c2ccccc2F)C(=O)N(C(C)(C)c2nc3ccccc3s2)CO1. The molecule has 4 rings (SSSR count). The van der Waals surface area contributed by atoms with Gasteiger partial charge in [0.25, 0.3) is 5.91 Å². The number of benzene rings is 2. The van der Waals surface area contributed by atoms with Crippen LogP contribution in [-0.2, 0) is 15.1 Å². The second-order valence-electron chi connectivity index (χ2n) is 6.96. The number of ether oxygens (including phenoxy) is 1. The standard InChI is InChI=1S/C21H19FN2O2S/c1-13-18(14-8-4-5-9-15(14)22)19(25)24(12-26-13)21(2,3)20-23-16-10-6-7-11-17(16)27-20/h4-11H,12H2,1-3H3. The Labute approximate surface area is 160 Å². The third-order valence-electron chi connectivity index (χ3n) is 4.86. The van der Waals surface area contributed by atoms with E-state index in [-0.39, 0.29) is 23.8 Å². The number of carbonyl (C=O) groups is 1. The summed E-state index contributed by atoms with van der Waals surface area (Å²) < 4.78 is 21.2. The van der Waals surface area contributed by atoms with Crippen LogP contribution in [0.1, 0.15) is 31.3 Å². The minimum atomic E-state index is -0.696. The first-order valence-corrected chi connectivity index (χ1v) is 9.48. The van der Waals surface area contributed by atoms with E-state index in [1.165, 1.54) is 6.07 Å². The number of para-hydroxylation sites is 1. The molecule has 2 heterocycles. The average Bonchev–Trinajstić information content (AvgIpc) is 3.08. The first kappa shape index (κ1) is 17.7. The van der Waals surface area contributed by atoms with Gasteiger partial charge in [0.15, 0.2) is 6.73 Å². The van der Waals surface area contributed by atoms with Crippen molar-refractivity contribution >= 4 is 33.0 Å². The lowest BCUT2D eigenvalue weighted by molar-refractivity contribution is -0.139. The molecule has 2 aromatic carbocycles. The van der Waals surface area contributed by atoms with E-state index in [9.17, 15) is 9.18 Å². The number of carbonyl (C=O) groups excluding carboxylic acids is 1. The van der Waals surface area contributed by atoms with Crippen LogP contribution in [0.3, 0.4) is 0 Å². The summed E-state index contributed by atoms with van der Waals surface area (Å²) in [7, 11) is 0. The monoisotopic (exact) mass is 382 g/mol. The number of rotatable bonds is 3. The average molecular weight is 382 g/mol. The number of hydrogen-bond acceptors (Lipinski definition) is 4. The first-order chi connectivity index (χ1) is 12.9. The first-order valence-electron chi connectivity index (χ1n) is 8.66. The Morgan fingerprint density at radius 2 is 1.85 bits per heavy atom. The van der Waals surface area contributed by atoms with Gasteiger partial charge in [-0.1, -0.05) is 30.3 Å². The second kappa shape index (κ2) is 6.46. The zero-order chi connectivity index (χ0) is 19.2. The van der Waals surface area contributed by atoms with Crippen LogP contribution >= 0.6 is 11.3 Å². The molecule has 6 heteroatoms. The third kappa shape index (κ3) is 2.90. The molecule has 0 spiro atoms. The predicted octanol–water partition coefficient (Wildman–Crippen LogP) is 4.92. The maximum atomic E-state index is 14.3. The Morgan fingerprint density at radius 1 is 1.15 bits per heavy atom. The van der Waals surface area contributed by atoms with Crippen LogP contribution in [-0.4, -0.2) is 22.5 Å². The normalized spacial score (nSPS) is 15.4. The van der Waals surface area contributed by atoms with Crippen molar-refractivity contribution < 1.29 is 13.9 Å². The highest BCUT2D eigenvalue weighted by Crippen LogP contribution is 2.38. The summed E-state index contributed by atoms with van der Waals surface area (Å²) in [5, 5.41) is 0.813. The molecular formula is C21H19FN2O2S. The number of nitrogens with zero attached hydrogens (tertiary/aromatic N) is 2. The van der Waals surface area contributed by atoms with Gasteiger partial charge < -0.3 is 4.74 Å². The molecule has 0 N–H and O–H groups in total. The molecular weight excluding hydrogens is 363 g/mol. The zero-order valence-corrected chi connectivity index (χ0v) is 16.1. The lowest BCUT2D eigenvalue weighted by Crippen LogP contribution is -2.49. The quantitative estimate of drug-likeness (QED) is 0.646. The van der Waals surface area contributed by atoms with E-state index in [4.69, 9.17) is 9.72 Å². The molecule has 1 aliphatic heterocycles. The van der Waals surface area contributed by atoms with Crippen LogP contribution in [0.4, 0.5) is 4.39 Å². The van der Waals surface area contributed by atoms with Crippen molar-refractivity contribution in [1.29, 1.82) is 0 Å². The van der Waals surface area contributed by atoms with Gasteiger partial charge >= 0.3 is 0 Å². The number of thiazole rings is 1. The minimum Gasteiger partial charge on any atom is -0.477 e. The van der Waals surface area contributed by atoms with Crippen LogP contribution in [0.25, 0.3) is 15.8 Å². The van der Waals surface area contributed by atoms with Crippen molar-refractivity contribution in [3.8, 4) is 0 Å². The molecule has 0 atom stereocenters. The fourth-order valence-corrected chi connectivity index (χ4v) is 4.29. The summed E-state index contributed by atoms with van der Waals surface area (Å²) >= 11 is 1.55. The fourth-order valence-electron chi connectivity index (χ4n) is 3.21. The molecule has 0 radical (unpaired) electrons. The summed E-state index contributed by atoms with van der Waals surface area (Å²) in [6.07, 6.45) is 0. The van der Waals surface area contributed by atoms with Gasteiger partial charge in [0.05, 0.1) is 21.3 Å². The van der Waals surface area contributed by atoms with Crippen molar-refractivity contribution in [2.75, 3.05) is 6.73 Å². The van der Waals surface area contributed by atoms with Crippen LogP contribution in [0.2, 0.25) is 0 Å². The highest BCUT2D eigenvalue weighted by atomic mass is 32.1. The number of aromatic nitrogens is 1. The van der Waals surface area contributed by atoms with Crippen molar-refractivity contribution in [2.24, 2.45) is 0 Å². The van der Waals surface area contributed by atoms with E-state index in [1.807, 2.05) is 38.1 Å². The van der Waals surface area contributed by atoms with Gasteiger partial charge in [-0.05, 0) is 39.0 Å². The van der Waals surface area contributed by atoms with Crippen LogP contribution in [0.15, 0.2) is 54.3 Å². The van der Waals surface area contributed by atoms with Crippen LogP contribution in [0, 0.1) is 5.82 Å². The smallest absolute Gasteiger partial charge is 0.261 e. The molecule has 3 aromatic rings. The van der Waals surface area contributed by atoms with Crippen LogP contribution < -0.4 is 0 Å². The number of allylic oxidation sites excluding steroid dienone is 1. The molecule has 0 unspecified atom stereocenters. The van der Waals surface area contributed by atoms with E-state index in [0.717, 1.165) is 15.2 Å². The Kier molecular flexibility index (Phi) is 4.23. The fraction of sp³-hybridized carbons (Fsp3) is 0.238. The van der Waals surface area contributed by atoms with Gasteiger partial charge in [-0.25, -0.2) is 9.37 Å². The number of amides is 1. The van der Waals surface area contributed by atoms with E-state index in [1.54, 1.807) is 41.4 Å². The summed E-state index contributed by atoms with van der Waals surface area (Å²) in [5.74, 6) is -0.266. The summed E-state index contributed by atoms with van der Waals surface area (Å²) in [4.78, 5) is 19.6. The largest absolute Gasteiger partial charge is 0.477 e. The lowest BCUT2D eigenvalue weighted by atomic mass is 9.97. The van der Waals surface area contributed by atoms with E-state index in [2.05, 4.69) is 0 Å². The molecule has 27 heavy (non-hydrogen) atoms. The second-order valence-corrected chi connectivity index (χ2v) is 7.99. The molecule has 1 amide bonds. The Morgan fingerprint density at radius 3 is 2.59 bits per heavy atom. The van der Waals surface area contributed by atoms with Crippen molar-refractivity contribution in [3.63, 3.8) is 0 Å². The van der Waals surface area contributed by atoms with Crippen molar-refractivity contribution in [2.45, 2.75) is 26.3 Å². The summed E-state index contributed by atoms with van der Waals surface area (Å²) in [5.41, 5.74) is 0.716. The molecule has 138 valence electrons. The van der Waals surface area contributed by atoms with Gasteiger partial charge in [-0.2, -0.15) is 0 Å². The van der Waals surface area contributed by atoms with Crippen molar-refractivity contribution in [3.05, 3.63) is 70.7 Å². The Hall–Kier alpha value is -2.73. The van der Waals surface area contributed by atoms with Crippen molar-refractivity contribution in [1.82, 2.24) is 9.88 Å². The highest BCUT2D eigenvalue weighted by Gasteiger charge is 2.40. The summed E-state index contributed by atoms with van der Waals surface area (Å²) in [6.45, 7) is 5.67. The summed E-state index contributed by atoms with van der Waals surface area (Å²) in [6, 6.07) is 14.1. The van der Waals surface area contributed by atoms with Crippen LogP contribution in [0.5, 0.6) is 0 Å². The number of halogens is 1. The maximum Gasteiger partial charge on any atom is 0.261 e. The molecule has 0 saturated carbocycles. The van der Waals surface area contributed by atoms with Gasteiger partial charge in [-0.3, -0.25) is 9.69 Å². The highest BCUT2D eigenvalue weighted by molar-refractivity contribution is 7.18. The maximum absolute atomic E-state index is 14.3. The van der Waals surface area contributed by atoms with E-state index in [0.29, 0.717) is 5.76 Å². The zero-order valence-electron chi connectivity index (χ0n) is 15.3. The number of fused-ring (bicyclic) bond motifs is 1. The molecule has 1 aromatic heterocycles. The minimum absolute atomic E-state index is 0.103. The van der Waals surface area contributed by atoms with Gasteiger partial charge in [-0.15, -0.1) is 11.3 Å². The molecule has 1 aliphatic rings. The van der Waals surface area contributed by atoms with E-state index >= 15 is 0 Å². The molecule has 0 bridgehead atoms. The molecule has 4 nitrogen and oxygen atoms in total. The van der Waals surface area contributed by atoms with Gasteiger partial charge in [0.2, 0.25) is 0 Å². The molecule has 0 aliphatic carbocycles.